The molecule has 0 aliphatic heterocycles. The molecule has 0 fully saturated rings. The van der Waals surface area contributed by atoms with E-state index in [0.717, 1.165) is 70.6 Å². The zero-order valence-corrected chi connectivity index (χ0v) is 38.0. The Morgan fingerprint density at radius 1 is 0.397 bits per heavy atom. The quantitative estimate of drug-likeness (QED) is 0.0349. The van der Waals surface area contributed by atoms with E-state index in [0.29, 0.717) is 25.9 Å². The predicted molar refractivity (Wildman–Crippen MR) is 251 cm³/mol. The molecule has 0 aliphatic carbocycles. The minimum absolute atomic E-state index is 0.0363. The van der Waals surface area contributed by atoms with Crippen LogP contribution in [0.3, 0.4) is 0 Å². The highest BCUT2D eigenvalue weighted by atomic mass is 16.6. The molecule has 0 amide bonds. The van der Waals surface area contributed by atoms with E-state index < -0.39 is 6.10 Å². The maximum atomic E-state index is 12.7. The summed E-state index contributed by atoms with van der Waals surface area (Å²) in [5.74, 6) is -0.510. The lowest BCUT2D eigenvalue weighted by Crippen LogP contribution is -2.30. The average molecular weight is 807 g/mol. The largest absolute Gasteiger partial charge is 0.462 e. The SMILES string of the molecule is CC/C=C\C/C=C\C/C=C\C/C=C\CCC(=O)OCC(COCCCCCCCC/C=C\C/C=C\CCCCC)OC(=O)CCCCCCC/C=C\CCCCCC. The molecule has 0 rings (SSSR count). The summed E-state index contributed by atoms with van der Waals surface area (Å²) in [6, 6.07) is 0. The van der Waals surface area contributed by atoms with Gasteiger partial charge in [0.25, 0.3) is 0 Å². The number of hydrogen-bond donors (Lipinski definition) is 0. The highest BCUT2D eigenvalue weighted by molar-refractivity contribution is 5.70. The molecule has 5 heteroatoms. The van der Waals surface area contributed by atoms with E-state index in [9.17, 15) is 9.59 Å². The van der Waals surface area contributed by atoms with Crippen molar-refractivity contribution < 1.29 is 23.8 Å². The lowest BCUT2D eigenvalue weighted by atomic mass is 10.1. The van der Waals surface area contributed by atoms with Crippen molar-refractivity contribution in [2.75, 3.05) is 19.8 Å². The molecule has 58 heavy (non-hydrogen) atoms. The minimum Gasteiger partial charge on any atom is -0.462 e. The maximum Gasteiger partial charge on any atom is 0.306 e. The summed E-state index contributed by atoms with van der Waals surface area (Å²) in [7, 11) is 0. The van der Waals surface area contributed by atoms with Crippen molar-refractivity contribution in [1.82, 2.24) is 0 Å². The number of allylic oxidation sites excluding steroid dienone is 14. The Labute approximate surface area is 359 Å². The van der Waals surface area contributed by atoms with Gasteiger partial charge in [-0.15, -0.1) is 0 Å². The molecule has 0 aromatic heterocycles. The van der Waals surface area contributed by atoms with Crippen LogP contribution < -0.4 is 0 Å². The first-order valence-electron chi connectivity index (χ1n) is 24.1. The molecule has 5 nitrogen and oxygen atoms in total. The van der Waals surface area contributed by atoms with Gasteiger partial charge in [-0.3, -0.25) is 9.59 Å². The van der Waals surface area contributed by atoms with Crippen LogP contribution in [0.4, 0.5) is 0 Å². The second kappa shape index (κ2) is 48.4. The Kier molecular flexibility index (Phi) is 46.0. The Balaban J connectivity index is 4.39. The molecule has 0 saturated heterocycles. The third-order valence-electron chi connectivity index (χ3n) is 9.90. The fourth-order valence-corrected chi connectivity index (χ4v) is 6.31. The number of carbonyl (C=O) groups is 2. The van der Waals surface area contributed by atoms with Crippen LogP contribution in [0, 0.1) is 0 Å². The number of carbonyl (C=O) groups excluding carboxylic acids is 2. The number of rotatable bonds is 43. The van der Waals surface area contributed by atoms with Gasteiger partial charge >= 0.3 is 11.9 Å². The summed E-state index contributed by atoms with van der Waals surface area (Å²) in [6.45, 7) is 7.56. The number of unbranched alkanes of at least 4 members (excludes halogenated alkanes) is 18. The van der Waals surface area contributed by atoms with Crippen LogP contribution >= 0.6 is 0 Å². The molecule has 0 aromatic rings. The van der Waals surface area contributed by atoms with Crippen LogP contribution in [-0.4, -0.2) is 37.9 Å². The number of esters is 2. The fourth-order valence-electron chi connectivity index (χ4n) is 6.31. The molecule has 0 bridgehead atoms. The van der Waals surface area contributed by atoms with Crippen LogP contribution in [0.2, 0.25) is 0 Å². The molecule has 0 heterocycles. The molecule has 0 N–H and O–H groups in total. The molecule has 0 aliphatic rings. The molecule has 0 spiro atoms. The van der Waals surface area contributed by atoms with Crippen molar-refractivity contribution in [3.8, 4) is 0 Å². The molecule has 0 aromatic carbocycles. The van der Waals surface area contributed by atoms with Crippen molar-refractivity contribution >= 4 is 11.9 Å². The highest BCUT2D eigenvalue weighted by Gasteiger charge is 2.17. The third-order valence-corrected chi connectivity index (χ3v) is 9.90. The maximum absolute atomic E-state index is 12.7. The monoisotopic (exact) mass is 807 g/mol. The summed E-state index contributed by atoms with van der Waals surface area (Å²) >= 11 is 0. The number of hydrogen-bond acceptors (Lipinski definition) is 5. The van der Waals surface area contributed by atoms with Gasteiger partial charge in [-0.05, 0) is 103 Å². The third kappa shape index (κ3) is 45.8. The minimum atomic E-state index is -0.577. The normalized spacial score (nSPS) is 12.9. The van der Waals surface area contributed by atoms with Crippen molar-refractivity contribution in [3.63, 3.8) is 0 Å². The van der Waals surface area contributed by atoms with E-state index in [1.165, 1.54) is 103 Å². The van der Waals surface area contributed by atoms with Gasteiger partial charge in [-0.25, -0.2) is 0 Å². The first-order valence-corrected chi connectivity index (χ1v) is 24.1. The molecular weight excluding hydrogens is 717 g/mol. The zero-order chi connectivity index (χ0) is 42.1. The summed E-state index contributed by atoms with van der Waals surface area (Å²) < 4.78 is 17.3. The Bertz CT molecular complexity index is 1090. The molecule has 1 atom stereocenters. The summed E-state index contributed by atoms with van der Waals surface area (Å²) in [6.07, 6.45) is 63.1. The Morgan fingerprint density at radius 3 is 1.36 bits per heavy atom. The first-order chi connectivity index (χ1) is 28.6. The van der Waals surface area contributed by atoms with E-state index in [-0.39, 0.29) is 25.2 Å². The molecule has 0 saturated carbocycles. The van der Waals surface area contributed by atoms with Gasteiger partial charge in [0, 0.05) is 19.4 Å². The van der Waals surface area contributed by atoms with Crippen molar-refractivity contribution in [2.24, 2.45) is 0 Å². The van der Waals surface area contributed by atoms with E-state index in [2.05, 4.69) is 99.8 Å². The second-order valence-electron chi connectivity index (χ2n) is 15.6. The Morgan fingerprint density at radius 2 is 0.810 bits per heavy atom. The van der Waals surface area contributed by atoms with Crippen LogP contribution in [-0.2, 0) is 23.8 Å². The van der Waals surface area contributed by atoms with Crippen molar-refractivity contribution in [1.29, 1.82) is 0 Å². The van der Waals surface area contributed by atoms with Crippen LogP contribution in [0.5, 0.6) is 0 Å². The van der Waals surface area contributed by atoms with E-state index in [4.69, 9.17) is 14.2 Å². The van der Waals surface area contributed by atoms with Gasteiger partial charge < -0.3 is 14.2 Å². The molecule has 332 valence electrons. The van der Waals surface area contributed by atoms with Crippen molar-refractivity contribution in [2.45, 2.75) is 219 Å². The lowest BCUT2D eigenvalue weighted by Gasteiger charge is -2.18. The first kappa shape index (κ1) is 55.1. The van der Waals surface area contributed by atoms with Gasteiger partial charge in [-0.1, -0.05) is 183 Å². The molecule has 1 unspecified atom stereocenters. The van der Waals surface area contributed by atoms with Gasteiger partial charge in [0.2, 0.25) is 0 Å². The second-order valence-corrected chi connectivity index (χ2v) is 15.6. The highest BCUT2D eigenvalue weighted by Crippen LogP contribution is 2.12. The summed E-state index contributed by atoms with van der Waals surface area (Å²) in [4.78, 5) is 25.3. The number of ether oxygens (including phenoxy) is 3. The topological polar surface area (TPSA) is 61.8 Å². The predicted octanol–water partition coefficient (Wildman–Crippen LogP) is 16.1. The molecular formula is C53H90O5. The summed E-state index contributed by atoms with van der Waals surface area (Å²) in [5.41, 5.74) is 0. The zero-order valence-electron chi connectivity index (χ0n) is 38.0. The molecule has 0 radical (unpaired) electrons. The van der Waals surface area contributed by atoms with Gasteiger partial charge in [0.05, 0.1) is 6.61 Å². The van der Waals surface area contributed by atoms with E-state index >= 15 is 0 Å². The average Bonchev–Trinajstić information content (AvgIpc) is 3.22. The van der Waals surface area contributed by atoms with Gasteiger partial charge in [0.15, 0.2) is 6.10 Å². The van der Waals surface area contributed by atoms with Crippen molar-refractivity contribution in [3.05, 3.63) is 85.1 Å². The van der Waals surface area contributed by atoms with Gasteiger partial charge in [-0.2, -0.15) is 0 Å². The van der Waals surface area contributed by atoms with Crippen LogP contribution in [0.15, 0.2) is 85.1 Å². The Hall–Kier alpha value is -2.92. The smallest absolute Gasteiger partial charge is 0.306 e. The van der Waals surface area contributed by atoms with Gasteiger partial charge in [0.1, 0.15) is 6.61 Å². The van der Waals surface area contributed by atoms with Crippen LogP contribution in [0.25, 0.3) is 0 Å². The lowest BCUT2D eigenvalue weighted by molar-refractivity contribution is -0.162. The summed E-state index contributed by atoms with van der Waals surface area (Å²) in [5, 5.41) is 0. The van der Waals surface area contributed by atoms with E-state index in [1.807, 2.05) is 6.08 Å². The van der Waals surface area contributed by atoms with E-state index in [1.54, 1.807) is 0 Å². The fraction of sp³-hybridized carbons (Fsp3) is 0.698. The standard InChI is InChI=1S/C53H90O5/c1-4-7-10-13-16-19-22-25-26-27-30-33-36-39-42-45-48-56-49-51(58-53(55)47-44-41-38-35-32-29-24-21-18-15-12-9-6-3)50-57-52(54)46-43-40-37-34-31-28-23-20-17-14-11-8-5-2/h8,11,16-17,19-21,24-26,28,31,37,40,51H,4-7,9-10,12-15,18,22-23,27,29-30,32-36,38-39,41-50H2,1-3H3/b11-8-,19-16-,20-17-,24-21-,26-25-,31-28-,40-37-. The van der Waals surface area contributed by atoms with Crippen LogP contribution in [0.1, 0.15) is 213 Å².